The first kappa shape index (κ1) is 13.6. The van der Waals surface area contributed by atoms with Crippen LogP contribution in [-0.2, 0) is 11.8 Å². The van der Waals surface area contributed by atoms with E-state index in [-0.39, 0.29) is 6.04 Å². The summed E-state index contributed by atoms with van der Waals surface area (Å²) in [7, 11) is 2.09. The van der Waals surface area contributed by atoms with Gasteiger partial charge < -0.3 is 14.6 Å². The van der Waals surface area contributed by atoms with Crippen LogP contribution in [0.15, 0.2) is 24.3 Å². The smallest absolute Gasteiger partial charge is 0.126 e. The maximum Gasteiger partial charge on any atom is 0.126 e. The number of imidazole rings is 1. The minimum absolute atomic E-state index is 0.250. The van der Waals surface area contributed by atoms with Crippen molar-refractivity contribution in [2.24, 2.45) is 13.0 Å². The fourth-order valence-electron chi connectivity index (χ4n) is 3.02. The van der Waals surface area contributed by atoms with Gasteiger partial charge in [-0.25, -0.2) is 4.98 Å². The van der Waals surface area contributed by atoms with Crippen LogP contribution in [0.2, 0.25) is 0 Å². The Balaban J connectivity index is 1.72. The second-order valence-corrected chi connectivity index (χ2v) is 5.77. The van der Waals surface area contributed by atoms with Gasteiger partial charge in [0.1, 0.15) is 5.82 Å². The van der Waals surface area contributed by atoms with Crippen LogP contribution in [0.25, 0.3) is 11.0 Å². The number of hydrogen-bond acceptors (Lipinski definition) is 3. The van der Waals surface area contributed by atoms with Crippen LogP contribution >= 0.6 is 0 Å². The van der Waals surface area contributed by atoms with Gasteiger partial charge in [0.15, 0.2) is 0 Å². The maximum absolute atomic E-state index is 5.61. The Hall–Kier alpha value is -1.39. The monoisotopic (exact) mass is 273 g/mol. The molecule has 0 bridgehead atoms. The van der Waals surface area contributed by atoms with Crippen molar-refractivity contribution in [1.82, 2.24) is 14.9 Å². The molecule has 1 fully saturated rings. The first-order valence-electron chi connectivity index (χ1n) is 7.43. The summed E-state index contributed by atoms with van der Waals surface area (Å²) in [5.41, 5.74) is 2.25. The van der Waals surface area contributed by atoms with Gasteiger partial charge in [-0.1, -0.05) is 12.1 Å². The van der Waals surface area contributed by atoms with Crippen LogP contribution in [-0.4, -0.2) is 28.8 Å². The van der Waals surface area contributed by atoms with Gasteiger partial charge in [0, 0.05) is 20.2 Å². The Morgan fingerprint density at radius 3 is 2.95 bits per heavy atom. The second-order valence-electron chi connectivity index (χ2n) is 5.77. The minimum Gasteiger partial charge on any atom is -0.378 e. The Labute approximate surface area is 120 Å². The summed E-state index contributed by atoms with van der Waals surface area (Å²) in [5.74, 6) is 1.71. The van der Waals surface area contributed by atoms with Crippen molar-refractivity contribution in [2.45, 2.75) is 32.4 Å². The normalized spacial score (nSPS) is 24.4. The molecule has 1 aromatic heterocycles. The molecule has 2 heterocycles. The summed E-state index contributed by atoms with van der Waals surface area (Å²) in [4.78, 5) is 4.75. The summed E-state index contributed by atoms with van der Waals surface area (Å²) in [6.07, 6.45) is 1.53. The van der Waals surface area contributed by atoms with E-state index in [4.69, 9.17) is 9.72 Å². The molecule has 0 aliphatic carbocycles. The first-order valence-corrected chi connectivity index (χ1v) is 7.43. The fourth-order valence-corrected chi connectivity index (χ4v) is 3.02. The van der Waals surface area contributed by atoms with Crippen LogP contribution in [0.1, 0.15) is 32.1 Å². The van der Waals surface area contributed by atoms with Gasteiger partial charge in [-0.05, 0) is 38.3 Å². The molecule has 20 heavy (non-hydrogen) atoms. The molecule has 3 rings (SSSR count). The number of nitrogens with one attached hydrogen (secondary N) is 1. The standard InChI is InChI=1S/C16H23N3O/c1-11(17-10-13-8-9-20-12(13)2)16-18-14-6-4-5-7-15(14)19(16)3/h4-7,11-13,17H,8-10H2,1-3H3. The van der Waals surface area contributed by atoms with Crippen LogP contribution in [0.3, 0.4) is 0 Å². The van der Waals surface area contributed by atoms with Gasteiger partial charge in [-0.2, -0.15) is 0 Å². The quantitative estimate of drug-likeness (QED) is 0.931. The zero-order valence-electron chi connectivity index (χ0n) is 12.5. The predicted molar refractivity (Wildman–Crippen MR) is 80.7 cm³/mol. The molecular formula is C16H23N3O. The number of fused-ring (bicyclic) bond motifs is 1. The van der Waals surface area contributed by atoms with Crippen molar-refractivity contribution >= 4 is 11.0 Å². The highest BCUT2D eigenvalue weighted by Crippen LogP contribution is 2.22. The largest absolute Gasteiger partial charge is 0.378 e. The number of aryl methyl sites for hydroxylation is 1. The number of para-hydroxylation sites is 2. The van der Waals surface area contributed by atoms with Crippen molar-refractivity contribution in [3.8, 4) is 0 Å². The molecule has 1 aromatic carbocycles. The average Bonchev–Trinajstić information content (AvgIpc) is 3.01. The van der Waals surface area contributed by atoms with Gasteiger partial charge in [0.2, 0.25) is 0 Å². The molecule has 4 heteroatoms. The third-order valence-corrected chi connectivity index (χ3v) is 4.43. The van der Waals surface area contributed by atoms with Gasteiger partial charge in [0.25, 0.3) is 0 Å². The molecule has 0 radical (unpaired) electrons. The van der Waals surface area contributed by atoms with E-state index in [2.05, 4.69) is 49.0 Å². The fraction of sp³-hybridized carbons (Fsp3) is 0.562. The van der Waals surface area contributed by atoms with E-state index in [1.165, 1.54) is 5.52 Å². The van der Waals surface area contributed by atoms with Crippen molar-refractivity contribution in [1.29, 1.82) is 0 Å². The third-order valence-electron chi connectivity index (χ3n) is 4.43. The van der Waals surface area contributed by atoms with Crippen LogP contribution < -0.4 is 5.32 Å². The third kappa shape index (κ3) is 2.45. The van der Waals surface area contributed by atoms with Crippen LogP contribution in [0, 0.1) is 5.92 Å². The Kier molecular flexibility index (Phi) is 3.76. The predicted octanol–water partition coefficient (Wildman–Crippen LogP) is 2.65. The summed E-state index contributed by atoms with van der Waals surface area (Å²) in [6.45, 7) is 6.24. The molecule has 1 N–H and O–H groups in total. The molecule has 0 spiro atoms. The molecule has 2 aromatic rings. The highest BCUT2D eigenvalue weighted by atomic mass is 16.5. The van der Waals surface area contributed by atoms with Gasteiger partial charge >= 0.3 is 0 Å². The van der Waals surface area contributed by atoms with Gasteiger partial charge in [-0.3, -0.25) is 0 Å². The zero-order valence-corrected chi connectivity index (χ0v) is 12.5. The summed E-state index contributed by atoms with van der Waals surface area (Å²) in [6, 6.07) is 8.53. The zero-order chi connectivity index (χ0) is 14.1. The van der Waals surface area contributed by atoms with E-state index in [0.29, 0.717) is 12.0 Å². The number of ether oxygens (including phenoxy) is 1. The van der Waals surface area contributed by atoms with Gasteiger partial charge in [0.05, 0.1) is 23.2 Å². The van der Waals surface area contributed by atoms with Crippen molar-refractivity contribution in [2.75, 3.05) is 13.2 Å². The van der Waals surface area contributed by atoms with E-state index in [1.807, 2.05) is 6.07 Å². The lowest BCUT2D eigenvalue weighted by atomic mass is 10.0. The first-order chi connectivity index (χ1) is 9.66. The van der Waals surface area contributed by atoms with E-state index in [9.17, 15) is 0 Å². The summed E-state index contributed by atoms with van der Waals surface area (Å²) < 4.78 is 7.80. The topological polar surface area (TPSA) is 39.1 Å². The van der Waals surface area contributed by atoms with E-state index < -0.39 is 0 Å². The Morgan fingerprint density at radius 2 is 2.25 bits per heavy atom. The molecule has 1 aliphatic heterocycles. The molecule has 108 valence electrons. The molecule has 0 saturated carbocycles. The number of hydrogen-bond donors (Lipinski definition) is 1. The van der Waals surface area contributed by atoms with Crippen molar-refractivity contribution in [3.05, 3.63) is 30.1 Å². The summed E-state index contributed by atoms with van der Waals surface area (Å²) in [5, 5.41) is 3.61. The molecule has 3 atom stereocenters. The molecule has 3 unspecified atom stereocenters. The van der Waals surface area contributed by atoms with E-state index in [0.717, 1.165) is 30.9 Å². The van der Waals surface area contributed by atoms with Crippen molar-refractivity contribution in [3.63, 3.8) is 0 Å². The van der Waals surface area contributed by atoms with E-state index >= 15 is 0 Å². The molecule has 4 nitrogen and oxygen atoms in total. The molecule has 1 saturated heterocycles. The second kappa shape index (κ2) is 5.54. The van der Waals surface area contributed by atoms with Crippen molar-refractivity contribution < 1.29 is 4.74 Å². The van der Waals surface area contributed by atoms with Crippen LogP contribution in [0.4, 0.5) is 0 Å². The van der Waals surface area contributed by atoms with Gasteiger partial charge in [-0.15, -0.1) is 0 Å². The highest BCUT2D eigenvalue weighted by Gasteiger charge is 2.25. The SMILES string of the molecule is CC(NCC1CCOC1C)c1nc2ccccc2n1C. The lowest BCUT2D eigenvalue weighted by molar-refractivity contribution is 0.105. The lowest BCUT2D eigenvalue weighted by Crippen LogP contribution is -2.30. The summed E-state index contributed by atoms with van der Waals surface area (Å²) >= 11 is 0. The minimum atomic E-state index is 0.250. The average molecular weight is 273 g/mol. The molecule has 0 amide bonds. The lowest BCUT2D eigenvalue weighted by Gasteiger charge is -2.19. The Bertz CT molecular complexity index is 592. The number of rotatable bonds is 4. The number of aromatic nitrogens is 2. The van der Waals surface area contributed by atoms with Crippen LogP contribution in [0.5, 0.6) is 0 Å². The number of nitrogens with zero attached hydrogens (tertiary/aromatic N) is 2. The van der Waals surface area contributed by atoms with E-state index in [1.54, 1.807) is 0 Å². The Morgan fingerprint density at radius 1 is 1.45 bits per heavy atom. The number of benzene rings is 1. The maximum atomic E-state index is 5.61. The highest BCUT2D eigenvalue weighted by molar-refractivity contribution is 5.75. The molecule has 1 aliphatic rings. The molecular weight excluding hydrogens is 250 g/mol.